The van der Waals surface area contributed by atoms with E-state index in [0.29, 0.717) is 0 Å². The zero-order chi connectivity index (χ0) is 18.9. The van der Waals surface area contributed by atoms with Crippen LogP contribution in [-0.2, 0) is 9.68 Å². The summed E-state index contributed by atoms with van der Waals surface area (Å²) in [6.07, 6.45) is 13.2. The average Bonchev–Trinajstić information content (AvgIpc) is 3.10. The van der Waals surface area contributed by atoms with Crippen LogP contribution in [0.2, 0.25) is 0 Å². The molecule has 2 rings (SSSR count). The van der Waals surface area contributed by atoms with E-state index in [4.69, 9.17) is 9.68 Å². The van der Waals surface area contributed by atoms with Crippen LogP contribution in [0.25, 0.3) is 0 Å². The van der Waals surface area contributed by atoms with Crippen molar-refractivity contribution in [1.29, 1.82) is 0 Å². The fourth-order valence-corrected chi connectivity index (χ4v) is 3.47. The van der Waals surface area contributed by atoms with Crippen molar-refractivity contribution >= 4 is 12.2 Å². The second-order valence-electron chi connectivity index (χ2n) is 7.93. The first kappa shape index (κ1) is 20.8. The highest BCUT2D eigenvalue weighted by atomic mass is 16.7. The fourth-order valence-electron chi connectivity index (χ4n) is 3.47. The number of nitrogens with one attached hydrogen (secondary N) is 4. The maximum atomic E-state index is 11.0. The Morgan fingerprint density at radius 3 is 1.19 bits per heavy atom. The van der Waals surface area contributed by atoms with Crippen LogP contribution in [0.4, 0.5) is 9.59 Å². The van der Waals surface area contributed by atoms with Crippen molar-refractivity contribution in [1.82, 2.24) is 21.6 Å². The normalized spacial score (nSPS) is 27.8. The Kier molecular flexibility index (Phi) is 7.96. The first-order chi connectivity index (χ1) is 12.4. The Hall–Kier alpha value is -1.54. The molecule has 2 fully saturated rings. The van der Waals surface area contributed by atoms with E-state index in [1.165, 1.54) is 51.4 Å². The minimum absolute atomic E-state index is 0.390. The first-order valence-electron chi connectivity index (χ1n) is 9.93. The Bertz CT molecular complexity index is 434. The van der Waals surface area contributed by atoms with E-state index in [9.17, 15) is 9.59 Å². The van der Waals surface area contributed by atoms with Gasteiger partial charge in [0.05, 0.1) is 0 Å². The second kappa shape index (κ2) is 9.97. The Morgan fingerprint density at radius 2 is 0.923 bits per heavy atom. The molecule has 0 aliphatic carbocycles. The molecule has 2 heterocycles. The minimum Gasteiger partial charge on any atom is -0.352 e. The zero-order valence-corrected chi connectivity index (χ0v) is 16.1. The predicted molar refractivity (Wildman–Crippen MR) is 97.7 cm³/mol. The van der Waals surface area contributed by atoms with Crippen LogP contribution in [0.5, 0.6) is 0 Å². The molecule has 8 nitrogen and oxygen atoms in total. The van der Waals surface area contributed by atoms with Gasteiger partial charge in [0.25, 0.3) is 0 Å². The molecule has 0 bridgehead atoms. The summed E-state index contributed by atoms with van der Waals surface area (Å²) in [6, 6.07) is 0. The summed E-state index contributed by atoms with van der Waals surface area (Å²) in [5.41, 5.74) is 4.69. The van der Waals surface area contributed by atoms with Gasteiger partial charge in [0.1, 0.15) is 11.3 Å². The summed E-state index contributed by atoms with van der Waals surface area (Å²) in [7, 11) is 0. The summed E-state index contributed by atoms with van der Waals surface area (Å²) in [5.74, 6) is 0. The maximum absolute atomic E-state index is 11.0. The molecular formula is C18H34N4O4. The molecule has 2 unspecified atom stereocenters. The van der Waals surface area contributed by atoms with E-state index in [1.807, 2.05) is 13.8 Å². The Labute approximate surface area is 156 Å². The van der Waals surface area contributed by atoms with Gasteiger partial charge in [-0.05, 0) is 39.5 Å². The molecule has 2 amide bonds. The average molecular weight is 370 g/mol. The predicted octanol–water partition coefficient (Wildman–Crippen LogP) is 3.59. The van der Waals surface area contributed by atoms with Crippen molar-refractivity contribution in [2.45, 2.75) is 102 Å². The van der Waals surface area contributed by atoms with Gasteiger partial charge in [0, 0.05) is 0 Å². The van der Waals surface area contributed by atoms with Gasteiger partial charge < -0.3 is 9.68 Å². The van der Waals surface area contributed by atoms with Gasteiger partial charge in [-0.2, -0.15) is 0 Å². The summed E-state index contributed by atoms with van der Waals surface area (Å²) in [6.45, 7) is 3.89. The molecular weight excluding hydrogens is 336 g/mol. The molecule has 2 aliphatic heterocycles. The monoisotopic (exact) mass is 370 g/mol. The molecule has 8 heteroatoms. The molecule has 0 spiro atoms. The second-order valence-corrected chi connectivity index (χ2v) is 7.93. The van der Waals surface area contributed by atoms with E-state index >= 15 is 0 Å². The van der Waals surface area contributed by atoms with Crippen molar-refractivity contribution < 1.29 is 19.3 Å². The minimum atomic E-state index is -0.406. The number of carbonyl (C=O) groups is 2. The van der Waals surface area contributed by atoms with Gasteiger partial charge in [0.15, 0.2) is 0 Å². The molecule has 2 aliphatic rings. The van der Waals surface area contributed by atoms with E-state index in [2.05, 4.69) is 21.6 Å². The SMILES string of the molecule is CC1(CCCCCCCCCCCCC2(C)NOC(=O)N2)NOC(=O)N1. The van der Waals surface area contributed by atoms with Gasteiger partial charge >= 0.3 is 12.2 Å². The number of unbranched alkanes of at least 4 members (excludes halogenated alkanes) is 9. The third-order valence-electron chi connectivity index (χ3n) is 5.10. The summed E-state index contributed by atoms with van der Waals surface area (Å²) >= 11 is 0. The van der Waals surface area contributed by atoms with Crippen molar-refractivity contribution in [2.24, 2.45) is 0 Å². The van der Waals surface area contributed by atoms with Gasteiger partial charge in [-0.1, -0.05) is 51.4 Å². The lowest BCUT2D eigenvalue weighted by molar-refractivity contribution is 0.0943. The maximum Gasteiger partial charge on any atom is 0.427 e. The quantitative estimate of drug-likeness (QED) is 0.370. The number of carbonyl (C=O) groups excluding carboxylic acids is 2. The molecule has 4 N–H and O–H groups in total. The van der Waals surface area contributed by atoms with Gasteiger partial charge in [-0.15, -0.1) is 11.0 Å². The number of hydrogen-bond acceptors (Lipinski definition) is 6. The van der Waals surface area contributed by atoms with Crippen LogP contribution in [0.3, 0.4) is 0 Å². The van der Waals surface area contributed by atoms with Crippen LogP contribution < -0.4 is 21.6 Å². The first-order valence-corrected chi connectivity index (χ1v) is 9.93. The van der Waals surface area contributed by atoms with Crippen molar-refractivity contribution in [3.63, 3.8) is 0 Å². The lowest BCUT2D eigenvalue weighted by Gasteiger charge is -2.20. The van der Waals surface area contributed by atoms with Gasteiger partial charge in [-0.3, -0.25) is 10.6 Å². The lowest BCUT2D eigenvalue weighted by Crippen LogP contribution is -2.46. The third kappa shape index (κ3) is 7.37. The van der Waals surface area contributed by atoms with E-state index in [0.717, 1.165) is 25.7 Å². The molecule has 0 aromatic heterocycles. The highest BCUT2D eigenvalue weighted by Gasteiger charge is 2.34. The van der Waals surface area contributed by atoms with Crippen LogP contribution in [0, 0.1) is 0 Å². The molecule has 0 radical (unpaired) electrons. The van der Waals surface area contributed by atoms with Gasteiger partial charge in [-0.25, -0.2) is 9.59 Å². The van der Waals surface area contributed by atoms with E-state index < -0.39 is 11.3 Å². The number of rotatable bonds is 13. The highest BCUT2D eigenvalue weighted by Crippen LogP contribution is 2.19. The summed E-state index contributed by atoms with van der Waals surface area (Å²) in [5, 5.41) is 5.57. The van der Waals surface area contributed by atoms with Crippen molar-refractivity contribution in [3.05, 3.63) is 0 Å². The Balaban J connectivity index is 1.33. The molecule has 0 saturated carbocycles. The molecule has 2 atom stereocenters. The summed E-state index contributed by atoms with van der Waals surface area (Å²) in [4.78, 5) is 31.5. The van der Waals surface area contributed by atoms with E-state index in [-0.39, 0.29) is 12.2 Å². The topological polar surface area (TPSA) is 101 Å². The zero-order valence-electron chi connectivity index (χ0n) is 16.1. The molecule has 2 saturated heterocycles. The molecule has 26 heavy (non-hydrogen) atoms. The van der Waals surface area contributed by atoms with Gasteiger partial charge in [0.2, 0.25) is 0 Å². The Morgan fingerprint density at radius 1 is 0.615 bits per heavy atom. The van der Waals surface area contributed by atoms with Crippen LogP contribution in [0.15, 0.2) is 0 Å². The van der Waals surface area contributed by atoms with E-state index in [1.54, 1.807) is 0 Å². The van der Waals surface area contributed by atoms with Crippen LogP contribution in [-0.4, -0.2) is 23.5 Å². The fraction of sp³-hybridized carbons (Fsp3) is 0.889. The van der Waals surface area contributed by atoms with Crippen molar-refractivity contribution in [3.8, 4) is 0 Å². The van der Waals surface area contributed by atoms with Crippen LogP contribution in [0.1, 0.15) is 90.9 Å². The molecule has 0 aromatic rings. The molecule has 0 aromatic carbocycles. The molecule has 150 valence electrons. The lowest BCUT2D eigenvalue weighted by atomic mass is 10.0. The largest absolute Gasteiger partial charge is 0.427 e. The smallest absolute Gasteiger partial charge is 0.352 e. The number of hydroxylamine groups is 2. The van der Waals surface area contributed by atoms with Crippen molar-refractivity contribution in [2.75, 3.05) is 0 Å². The number of amides is 2. The highest BCUT2D eigenvalue weighted by molar-refractivity contribution is 5.69. The third-order valence-corrected chi connectivity index (χ3v) is 5.10. The van der Waals surface area contributed by atoms with Crippen LogP contribution >= 0.6 is 0 Å². The number of hydrogen-bond donors (Lipinski definition) is 4. The standard InChI is InChI=1S/C18H34N4O4/c1-17(19-15(23)25-21-17)13-11-9-7-5-3-4-6-8-10-12-14-18(2)20-16(24)26-22-18/h21-22H,3-14H2,1-2H3,(H,19,23)(H,20,24). The summed E-state index contributed by atoms with van der Waals surface area (Å²) < 4.78 is 0.